The number of aliphatic hydroxyl groups is 2. The number of hydrogen-bond acceptors (Lipinski definition) is 7. The summed E-state index contributed by atoms with van der Waals surface area (Å²) in [5.41, 5.74) is 5.79. The monoisotopic (exact) mass is 426 g/mol. The van der Waals surface area contributed by atoms with E-state index in [1.54, 1.807) is 25.1 Å². The van der Waals surface area contributed by atoms with Crippen LogP contribution in [0, 0.1) is 17.8 Å². The molecule has 3 unspecified atom stereocenters. The second kappa shape index (κ2) is 6.97. The molecule has 3 atom stereocenters. The highest BCUT2D eigenvalue weighted by Gasteiger charge is 2.50. The van der Waals surface area contributed by atoms with Crippen molar-refractivity contribution in [1.29, 1.82) is 0 Å². The summed E-state index contributed by atoms with van der Waals surface area (Å²) < 4.78 is 0. The smallest absolute Gasteiger partial charge is 0.336 e. The number of carbonyl (C=O) groups is 4. The Kier molecular flexibility index (Phi) is 4.64. The highest BCUT2D eigenvalue weighted by atomic mass is 16.4. The van der Waals surface area contributed by atoms with Gasteiger partial charge in [0.2, 0.25) is 0 Å². The summed E-state index contributed by atoms with van der Waals surface area (Å²) in [6.07, 6.45) is 0.611. The van der Waals surface area contributed by atoms with E-state index in [0.717, 1.165) is 0 Å². The fraction of sp³-hybridized carbons (Fsp3) is 0.364. The third-order valence-electron chi connectivity index (χ3n) is 6.48. The number of nitrogens with two attached hydrogens (primary N) is 1. The largest absolute Gasteiger partial charge is 0.511 e. The van der Waals surface area contributed by atoms with E-state index in [0.29, 0.717) is 24.1 Å². The maximum absolute atomic E-state index is 13.5. The number of carbonyl (C=O) groups excluding carboxylic acids is 3. The minimum atomic E-state index is -1.26. The SMILES string of the molecule is CN(C)c1ccc(C(=O)O)c2c1CC1CC3CC(O)=C(C(N)=O)C(=O)C3C(O)=C1C2=O. The molecule has 31 heavy (non-hydrogen) atoms. The van der Waals surface area contributed by atoms with Gasteiger partial charge in [0.25, 0.3) is 5.91 Å². The molecule has 0 radical (unpaired) electrons. The Hall–Kier alpha value is -3.62. The van der Waals surface area contributed by atoms with Crippen LogP contribution < -0.4 is 10.6 Å². The number of allylic oxidation sites excluding steroid dienone is 3. The third-order valence-corrected chi connectivity index (χ3v) is 6.48. The van der Waals surface area contributed by atoms with Crippen molar-refractivity contribution in [1.82, 2.24) is 0 Å². The number of fused-ring (bicyclic) bond motifs is 3. The standard InChI is InChI=1S/C22H22N2O7/c1-24(2)12-4-3-10(22(30)31)16-11(12)6-8-5-9-7-13(25)17(21(23)29)20(28)15(9)18(26)14(8)19(16)27/h3-4,8-9,15,25-26H,5-7H2,1-2H3,(H2,23,29)(H,30,31). The van der Waals surface area contributed by atoms with E-state index in [2.05, 4.69) is 0 Å². The Morgan fingerprint density at radius 3 is 2.39 bits per heavy atom. The van der Waals surface area contributed by atoms with Gasteiger partial charge in [-0.1, -0.05) is 0 Å². The predicted octanol–water partition coefficient (Wildman–Crippen LogP) is 1.52. The first-order valence-electron chi connectivity index (χ1n) is 9.84. The van der Waals surface area contributed by atoms with Gasteiger partial charge >= 0.3 is 5.97 Å². The maximum atomic E-state index is 13.5. The van der Waals surface area contributed by atoms with Gasteiger partial charge in [-0.15, -0.1) is 0 Å². The Morgan fingerprint density at radius 2 is 1.81 bits per heavy atom. The van der Waals surface area contributed by atoms with Gasteiger partial charge in [-0.05, 0) is 42.4 Å². The molecule has 9 nitrogen and oxygen atoms in total. The number of carboxylic acids is 1. The van der Waals surface area contributed by atoms with Crippen molar-refractivity contribution < 1.29 is 34.5 Å². The molecule has 0 bridgehead atoms. The van der Waals surface area contributed by atoms with Crippen molar-refractivity contribution in [3.8, 4) is 0 Å². The van der Waals surface area contributed by atoms with Crippen LogP contribution in [0.4, 0.5) is 5.69 Å². The van der Waals surface area contributed by atoms with Crippen LogP contribution in [0.15, 0.2) is 34.8 Å². The molecule has 3 aliphatic rings. The average molecular weight is 426 g/mol. The van der Waals surface area contributed by atoms with Crippen LogP contribution >= 0.6 is 0 Å². The molecule has 5 N–H and O–H groups in total. The molecule has 0 saturated heterocycles. The topological polar surface area (TPSA) is 158 Å². The number of ketones is 2. The highest BCUT2D eigenvalue weighted by Crippen LogP contribution is 2.49. The number of anilines is 1. The van der Waals surface area contributed by atoms with Crippen LogP contribution in [0.5, 0.6) is 0 Å². The zero-order valence-corrected chi connectivity index (χ0v) is 17.0. The lowest BCUT2D eigenvalue weighted by Gasteiger charge is -2.41. The molecule has 4 rings (SSSR count). The van der Waals surface area contributed by atoms with E-state index < -0.39 is 58.3 Å². The van der Waals surface area contributed by atoms with Gasteiger partial charge in [-0.2, -0.15) is 0 Å². The molecule has 0 saturated carbocycles. The second-order valence-corrected chi connectivity index (χ2v) is 8.44. The molecule has 0 aliphatic heterocycles. The molecule has 9 heteroatoms. The number of benzene rings is 1. The van der Waals surface area contributed by atoms with Crippen LogP contribution in [0.1, 0.15) is 39.1 Å². The Labute approximate surface area is 177 Å². The number of aromatic carboxylic acids is 1. The third kappa shape index (κ3) is 2.91. The summed E-state index contributed by atoms with van der Waals surface area (Å²) in [6, 6.07) is 3.00. The fourth-order valence-corrected chi connectivity index (χ4v) is 5.24. The lowest BCUT2D eigenvalue weighted by atomic mass is 9.62. The lowest BCUT2D eigenvalue weighted by molar-refractivity contribution is -0.126. The number of carboxylic acid groups (broad SMARTS) is 1. The summed E-state index contributed by atoms with van der Waals surface area (Å²) in [6.45, 7) is 0. The first kappa shape index (κ1) is 20.6. The predicted molar refractivity (Wildman–Crippen MR) is 109 cm³/mol. The molecule has 0 heterocycles. The average Bonchev–Trinajstić information content (AvgIpc) is 2.65. The summed E-state index contributed by atoms with van der Waals surface area (Å²) in [5, 5.41) is 30.8. The van der Waals surface area contributed by atoms with Gasteiger partial charge in [-0.3, -0.25) is 14.4 Å². The number of amides is 1. The summed E-state index contributed by atoms with van der Waals surface area (Å²) in [4.78, 5) is 51.5. The normalized spacial score (nSPS) is 25.0. The first-order valence-corrected chi connectivity index (χ1v) is 9.84. The van der Waals surface area contributed by atoms with Crippen LogP contribution in [0.3, 0.4) is 0 Å². The Bertz CT molecular complexity index is 1130. The van der Waals surface area contributed by atoms with Crippen molar-refractivity contribution in [3.05, 3.63) is 51.5 Å². The van der Waals surface area contributed by atoms with Crippen LogP contribution in [-0.4, -0.2) is 52.9 Å². The molecule has 1 amide bonds. The van der Waals surface area contributed by atoms with E-state index in [4.69, 9.17) is 5.73 Å². The molecular formula is C22H22N2O7. The van der Waals surface area contributed by atoms with Crippen molar-refractivity contribution in [2.45, 2.75) is 19.3 Å². The Balaban J connectivity index is 1.90. The van der Waals surface area contributed by atoms with Gasteiger partial charge in [-0.25, -0.2) is 4.79 Å². The van der Waals surface area contributed by atoms with Crippen LogP contribution in [0.25, 0.3) is 0 Å². The van der Waals surface area contributed by atoms with E-state index in [1.807, 2.05) is 0 Å². The quantitative estimate of drug-likeness (QED) is 0.530. The number of primary amides is 1. The van der Waals surface area contributed by atoms with Gasteiger partial charge in [0.1, 0.15) is 17.1 Å². The summed E-state index contributed by atoms with van der Waals surface area (Å²) >= 11 is 0. The molecule has 162 valence electrons. The lowest BCUT2D eigenvalue weighted by Crippen LogP contribution is -2.43. The van der Waals surface area contributed by atoms with Crippen molar-refractivity contribution >= 4 is 29.1 Å². The zero-order chi connectivity index (χ0) is 22.8. The van der Waals surface area contributed by atoms with E-state index in [-0.39, 0.29) is 23.1 Å². The van der Waals surface area contributed by atoms with Crippen molar-refractivity contribution in [3.63, 3.8) is 0 Å². The highest BCUT2D eigenvalue weighted by molar-refractivity contribution is 6.22. The number of hydrogen-bond donors (Lipinski definition) is 4. The molecule has 0 fully saturated rings. The van der Waals surface area contributed by atoms with Gasteiger partial charge in [0.15, 0.2) is 11.6 Å². The minimum Gasteiger partial charge on any atom is -0.511 e. The van der Waals surface area contributed by atoms with Gasteiger partial charge in [0, 0.05) is 37.3 Å². The van der Waals surface area contributed by atoms with Gasteiger partial charge in [0.05, 0.1) is 11.5 Å². The first-order chi connectivity index (χ1) is 14.5. The Morgan fingerprint density at radius 1 is 1.13 bits per heavy atom. The maximum Gasteiger partial charge on any atom is 0.336 e. The summed E-state index contributed by atoms with van der Waals surface area (Å²) in [5.74, 6) is -6.77. The fourth-order valence-electron chi connectivity index (χ4n) is 5.24. The van der Waals surface area contributed by atoms with Gasteiger partial charge < -0.3 is 26.0 Å². The minimum absolute atomic E-state index is 0.00529. The number of rotatable bonds is 3. The molecule has 1 aromatic rings. The summed E-state index contributed by atoms with van der Waals surface area (Å²) in [7, 11) is 3.57. The van der Waals surface area contributed by atoms with Crippen molar-refractivity contribution in [2.24, 2.45) is 23.5 Å². The van der Waals surface area contributed by atoms with E-state index in [9.17, 15) is 34.5 Å². The molecular weight excluding hydrogens is 404 g/mol. The van der Waals surface area contributed by atoms with Crippen LogP contribution in [0.2, 0.25) is 0 Å². The second-order valence-electron chi connectivity index (χ2n) is 8.44. The molecule has 3 aliphatic carbocycles. The van der Waals surface area contributed by atoms with Crippen molar-refractivity contribution in [2.75, 3.05) is 19.0 Å². The van der Waals surface area contributed by atoms with E-state index in [1.165, 1.54) is 6.07 Å². The molecule has 0 spiro atoms. The van der Waals surface area contributed by atoms with Crippen LogP contribution in [-0.2, 0) is 16.0 Å². The molecule has 1 aromatic carbocycles. The number of nitrogens with zero attached hydrogens (tertiary/aromatic N) is 1. The number of aliphatic hydroxyl groups excluding tert-OH is 2. The number of Topliss-reactive ketones (excluding diaryl/α,β-unsaturated/α-hetero) is 2. The zero-order valence-electron chi connectivity index (χ0n) is 17.0. The molecule has 0 aromatic heterocycles. The van der Waals surface area contributed by atoms with E-state index >= 15 is 0 Å².